The maximum atomic E-state index is 12.0. The van der Waals surface area contributed by atoms with Crippen LogP contribution < -0.4 is 4.52 Å². The van der Waals surface area contributed by atoms with E-state index in [2.05, 4.69) is 6.92 Å². The summed E-state index contributed by atoms with van der Waals surface area (Å²) in [4.78, 5) is 29.5. The van der Waals surface area contributed by atoms with E-state index in [-0.39, 0.29) is 5.78 Å². The van der Waals surface area contributed by atoms with Crippen molar-refractivity contribution in [3.05, 3.63) is 29.8 Å². The average Bonchev–Trinajstić information content (AvgIpc) is 2.50. The van der Waals surface area contributed by atoms with E-state index in [1.807, 2.05) is 0 Å². The van der Waals surface area contributed by atoms with Gasteiger partial charge < -0.3 is 14.3 Å². The molecular formula is C17H27O4P. The number of carbonyl (C=O) groups is 1. The van der Waals surface area contributed by atoms with E-state index in [4.69, 9.17) is 14.3 Å². The van der Waals surface area contributed by atoms with E-state index < -0.39 is 8.60 Å². The Morgan fingerprint density at radius 2 is 1.50 bits per heavy atom. The summed E-state index contributed by atoms with van der Waals surface area (Å²) in [5.74, 6) is 0.493. The van der Waals surface area contributed by atoms with Crippen LogP contribution in [0.2, 0.25) is 0 Å². The van der Waals surface area contributed by atoms with Crippen molar-refractivity contribution < 1.29 is 19.1 Å². The molecule has 22 heavy (non-hydrogen) atoms. The molecular weight excluding hydrogens is 299 g/mol. The van der Waals surface area contributed by atoms with Crippen LogP contribution in [0.1, 0.15) is 75.1 Å². The summed E-state index contributed by atoms with van der Waals surface area (Å²) in [5.41, 5.74) is 0.649. The summed E-state index contributed by atoms with van der Waals surface area (Å²) in [6.07, 6.45) is 10.3. The maximum Gasteiger partial charge on any atom is 0.391 e. The van der Waals surface area contributed by atoms with Crippen LogP contribution in [0.4, 0.5) is 0 Å². The van der Waals surface area contributed by atoms with Crippen LogP contribution in [0.25, 0.3) is 0 Å². The number of unbranched alkanes of at least 4 members (excludes halogenated alkanes) is 7. The van der Waals surface area contributed by atoms with Gasteiger partial charge in [-0.25, -0.2) is 0 Å². The lowest BCUT2D eigenvalue weighted by molar-refractivity contribution is 0.0979. The molecule has 0 bridgehead atoms. The van der Waals surface area contributed by atoms with Crippen molar-refractivity contribution in [3.8, 4) is 5.75 Å². The Labute approximate surface area is 134 Å². The molecule has 0 amide bonds. The van der Waals surface area contributed by atoms with E-state index in [1.165, 1.54) is 38.5 Å². The van der Waals surface area contributed by atoms with Gasteiger partial charge in [-0.05, 0) is 30.7 Å². The van der Waals surface area contributed by atoms with Gasteiger partial charge in [-0.3, -0.25) is 4.79 Å². The molecule has 2 N–H and O–H groups in total. The lowest BCUT2D eigenvalue weighted by Gasteiger charge is -2.06. The molecule has 0 saturated carbocycles. The Hall–Kier alpha value is -0.960. The molecule has 0 saturated heterocycles. The average molecular weight is 326 g/mol. The Morgan fingerprint density at radius 1 is 0.955 bits per heavy atom. The minimum Gasteiger partial charge on any atom is -0.427 e. The molecule has 0 aliphatic carbocycles. The molecule has 4 nitrogen and oxygen atoms in total. The van der Waals surface area contributed by atoms with Gasteiger partial charge in [0.15, 0.2) is 5.78 Å². The second kappa shape index (κ2) is 11.6. The zero-order valence-electron chi connectivity index (χ0n) is 13.3. The zero-order valence-corrected chi connectivity index (χ0v) is 14.2. The molecule has 0 unspecified atom stereocenters. The summed E-state index contributed by atoms with van der Waals surface area (Å²) < 4.78 is 4.77. The first-order chi connectivity index (χ1) is 10.6. The molecule has 1 aromatic rings. The van der Waals surface area contributed by atoms with Crippen LogP contribution in [0.3, 0.4) is 0 Å². The van der Waals surface area contributed by atoms with E-state index >= 15 is 0 Å². The predicted molar refractivity (Wildman–Crippen MR) is 90.0 cm³/mol. The molecule has 0 aliphatic rings. The maximum absolute atomic E-state index is 12.0. The number of ketones is 1. The van der Waals surface area contributed by atoms with E-state index in [0.717, 1.165) is 12.8 Å². The fourth-order valence-electron chi connectivity index (χ4n) is 2.36. The van der Waals surface area contributed by atoms with E-state index in [0.29, 0.717) is 17.7 Å². The summed E-state index contributed by atoms with van der Waals surface area (Å²) >= 11 is 0. The molecule has 5 heteroatoms. The second-order valence-electron chi connectivity index (χ2n) is 5.52. The molecule has 0 aliphatic heterocycles. The predicted octanol–water partition coefficient (Wildman–Crippen LogP) is 4.99. The Morgan fingerprint density at radius 3 is 2.05 bits per heavy atom. The van der Waals surface area contributed by atoms with Crippen LogP contribution >= 0.6 is 8.60 Å². The first-order valence-corrected chi connectivity index (χ1v) is 9.29. The standard InChI is InChI=1S/C17H27O4P/c1-2-3-4-5-6-7-8-9-10-17(18)15-11-13-16(14-12-15)21-22(19)20/h11-14,19-20H,2-10H2,1H3. The number of benzene rings is 1. The van der Waals surface area contributed by atoms with Gasteiger partial charge >= 0.3 is 8.60 Å². The van der Waals surface area contributed by atoms with Crippen LogP contribution in [-0.4, -0.2) is 15.6 Å². The molecule has 0 radical (unpaired) electrons. The van der Waals surface area contributed by atoms with Crippen LogP contribution in [0.5, 0.6) is 5.75 Å². The molecule has 0 atom stereocenters. The summed E-state index contributed by atoms with van der Waals surface area (Å²) in [5, 5.41) is 0. The van der Waals surface area contributed by atoms with Gasteiger partial charge in [0.1, 0.15) is 5.75 Å². The van der Waals surface area contributed by atoms with Gasteiger partial charge in [-0.15, -0.1) is 0 Å². The SMILES string of the molecule is CCCCCCCCCCC(=O)c1ccc(OP(O)O)cc1. The largest absolute Gasteiger partial charge is 0.427 e. The topological polar surface area (TPSA) is 66.8 Å². The molecule has 0 heterocycles. The highest BCUT2D eigenvalue weighted by Crippen LogP contribution is 2.28. The third kappa shape index (κ3) is 8.47. The van der Waals surface area contributed by atoms with Crippen molar-refractivity contribution in [3.63, 3.8) is 0 Å². The number of Topliss-reactive ketones (excluding diaryl/α,β-unsaturated/α-hetero) is 1. The number of hydrogen-bond acceptors (Lipinski definition) is 4. The van der Waals surface area contributed by atoms with Gasteiger partial charge in [0.25, 0.3) is 0 Å². The first-order valence-electron chi connectivity index (χ1n) is 8.12. The molecule has 0 aromatic heterocycles. The van der Waals surface area contributed by atoms with Gasteiger partial charge in [0.2, 0.25) is 0 Å². The van der Waals surface area contributed by atoms with Crippen LogP contribution in [0.15, 0.2) is 24.3 Å². The highest BCUT2D eigenvalue weighted by molar-refractivity contribution is 7.39. The Balaban J connectivity index is 2.17. The minimum atomic E-state index is -2.41. The molecule has 1 rings (SSSR count). The summed E-state index contributed by atoms with van der Waals surface area (Å²) in [6, 6.07) is 6.51. The Bertz CT molecular complexity index is 417. The summed E-state index contributed by atoms with van der Waals surface area (Å²) in [7, 11) is -2.41. The monoisotopic (exact) mass is 326 g/mol. The number of rotatable bonds is 12. The molecule has 0 spiro atoms. The number of carbonyl (C=O) groups excluding carboxylic acids is 1. The van der Waals surface area contributed by atoms with Crippen LogP contribution in [0, 0.1) is 0 Å². The van der Waals surface area contributed by atoms with Gasteiger partial charge in [-0.2, -0.15) is 0 Å². The first kappa shape index (κ1) is 19.1. The molecule has 0 fully saturated rings. The van der Waals surface area contributed by atoms with Crippen molar-refractivity contribution in [1.82, 2.24) is 0 Å². The van der Waals surface area contributed by atoms with Crippen molar-refractivity contribution >= 4 is 14.4 Å². The second-order valence-corrected chi connectivity index (χ2v) is 6.20. The number of hydrogen-bond donors (Lipinski definition) is 2. The van der Waals surface area contributed by atoms with Crippen molar-refractivity contribution in [2.45, 2.75) is 64.7 Å². The van der Waals surface area contributed by atoms with Crippen molar-refractivity contribution in [2.75, 3.05) is 0 Å². The van der Waals surface area contributed by atoms with Crippen molar-refractivity contribution in [2.24, 2.45) is 0 Å². The molecule has 1 aromatic carbocycles. The summed E-state index contributed by atoms with van der Waals surface area (Å²) in [6.45, 7) is 2.22. The van der Waals surface area contributed by atoms with Gasteiger partial charge in [0, 0.05) is 12.0 Å². The van der Waals surface area contributed by atoms with Gasteiger partial charge in [0.05, 0.1) is 0 Å². The van der Waals surface area contributed by atoms with Gasteiger partial charge in [-0.1, -0.05) is 51.9 Å². The lowest BCUT2D eigenvalue weighted by atomic mass is 10.0. The highest BCUT2D eigenvalue weighted by atomic mass is 31.2. The normalized spacial score (nSPS) is 10.9. The fourth-order valence-corrected chi connectivity index (χ4v) is 2.67. The van der Waals surface area contributed by atoms with Crippen molar-refractivity contribution in [1.29, 1.82) is 0 Å². The lowest BCUT2D eigenvalue weighted by Crippen LogP contribution is -1.99. The third-order valence-electron chi connectivity index (χ3n) is 3.62. The minimum absolute atomic E-state index is 0.132. The fraction of sp³-hybridized carbons (Fsp3) is 0.588. The third-order valence-corrected chi connectivity index (χ3v) is 3.99. The van der Waals surface area contributed by atoms with Crippen LogP contribution in [-0.2, 0) is 0 Å². The quantitative estimate of drug-likeness (QED) is 0.322. The van der Waals surface area contributed by atoms with E-state index in [9.17, 15) is 4.79 Å². The highest BCUT2D eigenvalue weighted by Gasteiger charge is 2.07. The Kier molecular flexibility index (Phi) is 10.1. The zero-order chi connectivity index (χ0) is 16.2. The molecule has 124 valence electrons. The van der Waals surface area contributed by atoms with E-state index in [1.54, 1.807) is 24.3 Å². The smallest absolute Gasteiger partial charge is 0.391 e.